The van der Waals surface area contributed by atoms with Crippen LogP contribution in [0.4, 0.5) is 32.2 Å². The summed E-state index contributed by atoms with van der Waals surface area (Å²) in [5.41, 5.74) is -0.728. The van der Waals surface area contributed by atoms with E-state index in [2.05, 4.69) is 20.1 Å². The molecule has 0 unspecified atom stereocenters. The summed E-state index contributed by atoms with van der Waals surface area (Å²) in [4.78, 5) is 13.7. The van der Waals surface area contributed by atoms with Crippen LogP contribution in [-0.4, -0.2) is 50.6 Å². The highest BCUT2D eigenvalue weighted by atomic mass is 19.4. The largest absolute Gasteiger partial charge is 0.491 e. The van der Waals surface area contributed by atoms with E-state index in [0.29, 0.717) is 18.9 Å². The normalized spacial score (nSPS) is 22.9. The maximum atomic E-state index is 13.0. The first-order chi connectivity index (χ1) is 15.1. The van der Waals surface area contributed by atoms with Gasteiger partial charge in [0.2, 0.25) is 0 Å². The molecule has 4 heterocycles. The van der Waals surface area contributed by atoms with E-state index in [1.807, 2.05) is 4.90 Å². The first kappa shape index (κ1) is 20.8. The molecule has 0 amide bonds. The van der Waals surface area contributed by atoms with Crippen LogP contribution in [0.5, 0.6) is 5.75 Å². The predicted octanol–water partition coefficient (Wildman–Crippen LogP) is 3.56. The van der Waals surface area contributed by atoms with E-state index in [-0.39, 0.29) is 41.3 Å². The van der Waals surface area contributed by atoms with Gasteiger partial charge in [-0.3, -0.25) is 0 Å². The van der Waals surface area contributed by atoms with Gasteiger partial charge in [0.25, 0.3) is 0 Å². The van der Waals surface area contributed by atoms with Crippen molar-refractivity contribution in [3.8, 4) is 5.75 Å². The second-order valence-corrected chi connectivity index (χ2v) is 7.91. The number of alkyl halides is 6. The Bertz CT molecular complexity index is 1130. The van der Waals surface area contributed by atoms with Crippen molar-refractivity contribution < 1.29 is 31.1 Å². The molecule has 2 fully saturated rings. The highest BCUT2D eigenvalue weighted by molar-refractivity contribution is 5.71. The zero-order valence-corrected chi connectivity index (χ0v) is 16.3. The lowest BCUT2D eigenvalue weighted by molar-refractivity contribution is -0.143. The van der Waals surface area contributed by atoms with Crippen molar-refractivity contribution in [3.63, 3.8) is 0 Å². The topological polar surface area (TPSA) is 69.0 Å². The number of rotatable bonds is 5. The number of hydrogen-bond acceptors (Lipinski definition) is 6. The maximum absolute atomic E-state index is 13.0. The number of piperidine rings is 1. The van der Waals surface area contributed by atoms with Gasteiger partial charge >= 0.3 is 12.4 Å². The Morgan fingerprint density at radius 3 is 2.47 bits per heavy atom. The fraction of sp³-hybridized carbons (Fsp3) is 0.474. The maximum Gasteiger partial charge on any atom is 0.437 e. The summed E-state index contributed by atoms with van der Waals surface area (Å²) in [5.74, 6) is 0.660. The zero-order chi connectivity index (χ0) is 22.7. The van der Waals surface area contributed by atoms with Crippen LogP contribution in [0.2, 0.25) is 0 Å². The number of aromatic nitrogens is 5. The average Bonchev–Trinajstić information content (AvgIpc) is 3.03. The molecule has 170 valence electrons. The number of anilines is 1. The summed E-state index contributed by atoms with van der Waals surface area (Å²) in [5, 5.41) is 3.71. The summed E-state index contributed by atoms with van der Waals surface area (Å²) in [6.07, 6.45) is -5.23. The van der Waals surface area contributed by atoms with Crippen LogP contribution in [0.1, 0.15) is 5.69 Å². The van der Waals surface area contributed by atoms with Gasteiger partial charge in [-0.2, -0.15) is 31.4 Å². The smallest absolute Gasteiger partial charge is 0.437 e. The molecule has 2 aliphatic rings. The molecular weight excluding hydrogens is 442 g/mol. The second-order valence-electron chi connectivity index (χ2n) is 7.91. The first-order valence-electron chi connectivity index (χ1n) is 9.75. The molecule has 32 heavy (non-hydrogen) atoms. The van der Waals surface area contributed by atoms with Gasteiger partial charge in [-0.05, 0) is 24.0 Å². The van der Waals surface area contributed by atoms with Crippen molar-refractivity contribution in [1.29, 1.82) is 0 Å². The van der Waals surface area contributed by atoms with E-state index in [1.165, 1.54) is 24.5 Å². The minimum Gasteiger partial charge on any atom is -0.491 e. The van der Waals surface area contributed by atoms with Gasteiger partial charge < -0.3 is 9.64 Å². The Hall–Kier alpha value is -3.12. The van der Waals surface area contributed by atoms with Crippen molar-refractivity contribution >= 4 is 17.0 Å². The molecule has 1 saturated carbocycles. The Morgan fingerprint density at radius 1 is 1.03 bits per heavy atom. The summed E-state index contributed by atoms with van der Waals surface area (Å²) < 4.78 is 83.5. The molecule has 0 radical (unpaired) electrons. The monoisotopic (exact) mass is 458 g/mol. The van der Waals surface area contributed by atoms with Crippen molar-refractivity contribution in [2.75, 3.05) is 24.6 Å². The van der Waals surface area contributed by atoms with E-state index in [9.17, 15) is 26.3 Å². The Morgan fingerprint density at radius 2 is 1.78 bits per heavy atom. The predicted molar refractivity (Wildman–Crippen MR) is 98.8 cm³/mol. The number of hydrogen-bond donors (Lipinski definition) is 0. The van der Waals surface area contributed by atoms with Crippen LogP contribution < -0.4 is 9.64 Å². The van der Waals surface area contributed by atoms with Crippen molar-refractivity contribution in [2.45, 2.75) is 18.9 Å². The van der Waals surface area contributed by atoms with Crippen molar-refractivity contribution in [2.24, 2.45) is 17.8 Å². The van der Waals surface area contributed by atoms with Crippen LogP contribution in [-0.2, 0) is 12.7 Å². The molecular formula is C19H16F6N6O. The molecule has 7 nitrogen and oxygen atoms in total. The fourth-order valence-electron chi connectivity index (χ4n) is 4.27. The number of halogens is 6. The molecule has 3 aromatic rings. The molecule has 1 aliphatic carbocycles. The minimum atomic E-state index is -4.59. The zero-order valence-electron chi connectivity index (χ0n) is 16.3. The summed E-state index contributed by atoms with van der Waals surface area (Å²) in [6, 6.07) is 2.63. The molecule has 3 aromatic heterocycles. The Kier molecular flexibility index (Phi) is 4.67. The molecule has 1 saturated heterocycles. The van der Waals surface area contributed by atoms with Crippen molar-refractivity contribution in [3.05, 3.63) is 36.4 Å². The third-order valence-electron chi connectivity index (χ3n) is 5.83. The van der Waals surface area contributed by atoms with Crippen molar-refractivity contribution in [1.82, 2.24) is 24.7 Å². The lowest BCUT2D eigenvalue weighted by atomic mass is 10.2. The second kappa shape index (κ2) is 7.20. The number of fused-ring (bicyclic) bond motifs is 2. The molecule has 0 bridgehead atoms. The molecule has 0 spiro atoms. The third kappa shape index (κ3) is 3.91. The van der Waals surface area contributed by atoms with Gasteiger partial charge in [0.15, 0.2) is 11.3 Å². The molecule has 5 rings (SSSR count). The van der Waals surface area contributed by atoms with E-state index < -0.39 is 24.6 Å². The fourth-order valence-corrected chi connectivity index (χ4v) is 4.27. The lowest BCUT2D eigenvalue weighted by Crippen LogP contribution is -2.27. The minimum absolute atomic E-state index is 0.0524. The van der Waals surface area contributed by atoms with Gasteiger partial charge in [0.1, 0.15) is 23.6 Å². The molecule has 1 aliphatic heterocycles. The van der Waals surface area contributed by atoms with Gasteiger partial charge in [0.05, 0.1) is 19.0 Å². The summed E-state index contributed by atoms with van der Waals surface area (Å²) in [6.45, 7) is 0.0332. The van der Waals surface area contributed by atoms with E-state index >= 15 is 0 Å². The van der Waals surface area contributed by atoms with Crippen LogP contribution in [0.3, 0.4) is 0 Å². The van der Waals surface area contributed by atoms with Gasteiger partial charge in [-0.25, -0.2) is 19.6 Å². The third-order valence-corrected chi connectivity index (χ3v) is 5.83. The van der Waals surface area contributed by atoms with Crippen LogP contribution in [0, 0.1) is 17.8 Å². The SMILES string of the molecule is FC(F)(F)Cn1ncc2ncc(N3C[C@@H]4[C@@H](COc5cccnc5C(F)(F)F)[C@@H]4C3)nc21. The molecule has 0 N–H and O–H groups in total. The van der Waals surface area contributed by atoms with E-state index in [4.69, 9.17) is 4.74 Å². The number of nitrogens with zero attached hydrogens (tertiary/aromatic N) is 6. The van der Waals surface area contributed by atoms with Crippen LogP contribution in [0.15, 0.2) is 30.7 Å². The van der Waals surface area contributed by atoms with Gasteiger partial charge in [0, 0.05) is 25.2 Å². The first-order valence-corrected chi connectivity index (χ1v) is 9.75. The highest BCUT2D eigenvalue weighted by Crippen LogP contribution is 2.52. The summed E-state index contributed by atoms with van der Waals surface area (Å²) in [7, 11) is 0. The van der Waals surface area contributed by atoms with Gasteiger partial charge in [-0.1, -0.05) is 0 Å². The number of ether oxygens (including phenoxy) is 1. The number of pyridine rings is 1. The Labute approximate surface area is 177 Å². The molecule has 0 aromatic carbocycles. The summed E-state index contributed by atoms with van der Waals surface area (Å²) >= 11 is 0. The average molecular weight is 458 g/mol. The molecule has 3 atom stereocenters. The Balaban J connectivity index is 1.23. The van der Waals surface area contributed by atoms with Crippen LogP contribution in [0.25, 0.3) is 11.2 Å². The highest BCUT2D eigenvalue weighted by Gasteiger charge is 2.56. The quantitative estimate of drug-likeness (QED) is 0.545. The lowest BCUT2D eigenvalue weighted by Gasteiger charge is -2.21. The molecule has 13 heteroatoms. The van der Waals surface area contributed by atoms with Gasteiger partial charge in [-0.15, -0.1) is 0 Å². The van der Waals surface area contributed by atoms with E-state index in [1.54, 1.807) is 0 Å². The van der Waals surface area contributed by atoms with Crippen LogP contribution >= 0.6 is 0 Å². The van der Waals surface area contributed by atoms with E-state index in [0.717, 1.165) is 10.9 Å². The standard InChI is InChI=1S/C19H16F6N6O/c20-18(21,22)9-31-17-13(4-28-31)27-5-15(29-17)30-6-10-11(7-30)12(10)8-32-14-2-1-3-26-16(14)19(23,24)25/h1-5,10-12H,6-9H2/t10-,11+,12+.